The highest BCUT2D eigenvalue weighted by molar-refractivity contribution is 5.94. The normalized spacial score (nSPS) is 23.3. The minimum absolute atomic E-state index is 0. The van der Waals surface area contributed by atoms with Crippen LogP contribution in [0.5, 0.6) is 0 Å². The topological polar surface area (TPSA) is 75.9 Å². The van der Waals surface area contributed by atoms with Gasteiger partial charge in [-0.25, -0.2) is 4.39 Å². The van der Waals surface area contributed by atoms with E-state index in [1.807, 2.05) is 0 Å². The standard InChI is InChI=1S/C18H24FN3O3.ClH/c19-15-5-2-1-4-14(15)17(23)21-8-3-9-22(11-10-21)18(24)16-7-6-13(12-20)25-16;/h1-2,4-5,13,16H,3,6-12,20H2;1H/t13-,16+;/m1./s1. The zero-order valence-electron chi connectivity index (χ0n) is 14.6. The quantitative estimate of drug-likeness (QED) is 0.854. The predicted molar refractivity (Wildman–Crippen MR) is 97.7 cm³/mol. The molecule has 2 aliphatic rings. The van der Waals surface area contributed by atoms with Crippen molar-refractivity contribution in [2.24, 2.45) is 5.73 Å². The highest BCUT2D eigenvalue weighted by Gasteiger charge is 2.34. The highest BCUT2D eigenvalue weighted by atomic mass is 35.5. The summed E-state index contributed by atoms with van der Waals surface area (Å²) in [5.74, 6) is -0.874. The minimum atomic E-state index is -0.517. The van der Waals surface area contributed by atoms with Crippen LogP contribution in [-0.4, -0.2) is 66.5 Å². The molecule has 2 aliphatic heterocycles. The number of ether oxygens (including phenoxy) is 1. The third-order valence-corrected chi connectivity index (χ3v) is 4.84. The maximum Gasteiger partial charge on any atom is 0.256 e. The maximum atomic E-state index is 13.8. The van der Waals surface area contributed by atoms with Crippen LogP contribution in [0.3, 0.4) is 0 Å². The molecule has 0 aliphatic carbocycles. The molecule has 2 N–H and O–H groups in total. The molecule has 0 aromatic heterocycles. The van der Waals surface area contributed by atoms with Gasteiger partial charge in [-0.3, -0.25) is 9.59 Å². The van der Waals surface area contributed by atoms with E-state index < -0.39 is 11.9 Å². The molecule has 144 valence electrons. The van der Waals surface area contributed by atoms with E-state index in [0.717, 1.165) is 6.42 Å². The van der Waals surface area contributed by atoms with Crippen molar-refractivity contribution >= 4 is 24.2 Å². The van der Waals surface area contributed by atoms with Gasteiger partial charge in [-0.15, -0.1) is 12.4 Å². The van der Waals surface area contributed by atoms with Crippen molar-refractivity contribution in [3.63, 3.8) is 0 Å². The molecule has 0 bridgehead atoms. The van der Waals surface area contributed by atoms with E-state index in [4.69, 9.17) is 10.5 Å². The van der Waals surface area contributed by atoms with Gasteiger partial charge in [0.15, 0.2) is 0 Å². The van der Waals surface area contributed by atoms with Crippen LogP contribution in [0, 0.1) is 5.82 Å². The van der Waals surface area contributed by atoms with Crippen LogP contribution in [-0.2, 0) is 9.53 Å². The van der Waals surface area contributed by atoms with E-state index in [0.29, 0.717) is 45.6 Å². The van der Waals surface area contributed by atoms with Crippen LogP contribution in [0.15, 0.2) is 24.3 Å². The molecule has 2 amide bonds. The van der Waals surface area contributed by atoms with Gasteiger partial charge in [-0.2, -0.15) is 0 Å². The lowest BCUT2D eigenvalue weighted by molar-refractivity contribution is -0.142. The molecule has 2 atom stereocenters. The summed E-state index contributed by atoms with van der Waals surface area (Å²) in [7, 11) is 0. The Kier molecular flexibility index (Phi) is 7.37. The Labute approximate surface area is 158 Å². The van der Waals surface area contributed by atoms with Gasteiger partial charge in [0.25, 0.3) is 11.8 Å². The first-order valence-electron chi connectivity index (χ1n) is 8.78. The molecule has 0 saturated carbocycles. The second-order valence-electron chi connectivity index (χ2n) is 6.51. The Hall–Kier alpha value is -1.70. The average Bonchev–Trinajstić information content (AvgIpc) is 2.98. The Bertz CT molecular complexity index is 646. The fourth-order valence-electron chi connectivity index (χ4n) is 3.41. The molecule has 6 nitrogen and oxygen atoms in total. The molecular weight excluding hydrogens is 361 g/mol. The van der Waals surface area contributed by atoms with Crippen molar-refractivity contribution < 1.29 is 18.7 Å². The Morgan fingerprint density at radius 2 is 1.81 bits per heavy atom. The van der Waals surface area contributed by atoms with Crippen molar-refractivity contribution in [2.75, 3.05) is 32.7 Å². The summed E-state index contributed by atoms with van der Waals surface area (Å²) in [5, 5.41) is 0. The number of rotatable bonds is 3. The molecule has 8 heteroatoms. The monoisotopic (exact) mass is 385 g/mol. The maximum absolute atomic E-state index is 13.8. The van der Waals surface area contributed by atoms with Gasteiger partial charge in [0, 0.05) is 32.7 Å². The summed E-state index contributed by atoms with van der Waals surface area (Å²) in [5.41, 5.74) is 5.67. The van der Waals surface area contributed by atoms with Gasteiger partial charge in [0.05, 0.1) is 11.7 Å². The lowest BCUT2D eigenvalue weighted by atomic mass is 10.2. The summed E-state index contributed by atoms with van der Waals surface area (Å²) in [4.78, 5) is 28.5. The van der Waals surface area contributed by atoms with E-state index in [9.17, 15) is 14.0 Å². The third-order valence-electron chi connectivity index (χ3n) is 4.84. The van der Waals surface area contributed by atoms with E-state index in [1.54, 1.807) is 21.9 Å². The number of benzene rings is 1. The number of carbonyl (C=O) groups is 2. The Morgan fingerprint density at radius 3 is 2.50 bits per heavy atom. The molecule has 2 saturated heterocycles. The first-order valence-corrected chi connectivity index (χ1v) is 8.78. The van der Waals surface area contributed by atoms with Gasteiger partial charge in [-0.1, -0.05) is 12.1 Å². The van der Waals surface area contributed by atoms with Crippen LogP contribution in [0.25, 0.3) is 0 Å². The highest BCUT2D eigenvalue weighted by Crippen LogP contribution is 2.21. The molecule has 2 fully saturated rings. The summed E-state index contributed by atoms with van der Waals surface area (Å²) < 4.78 is 19.5. The number of hydrogen-bond acceptors (Lipinski definition) is 4. The largest absolute Gasteiger partial charge is 0.364 e. The first kappa shape index (κ1) is 20.6. The predicted octanol–water partition coefficient (Wildman–Crippen LogP) is 1.43. The number of amides is 2. The molecule has 2 heterocycles. The SMILES string of the molecule is Cl.NC[C@H]1CC[C@@H](C(=O)N2CCCN(C(=O)c3ccccc3F)CC2)O1. The van der Waals surface area contributed by atoms with Crippen molar-refractivity contribution in [3.8, 4) is 0 Å². The van der Waals surface area contributed by atoms with E-state index in [1.165, 1.54) is 12.1 Å². The lowest BCUT2D eigenvalue weighted by Gasteiger charge is -2.24. The molecule has 26 heavy (non-hydrogen) atoms. The van der Waals surface area contributed by atoms with Crippen LogP contribution in [0.2, 0.25) is 0 Å². The summed E-state index contributed by atoms with van der Waals surface area (Å²) in [6, 6.07) is 5.98. The number of carbonyl (C=O) groups excluding carboxylic acids is 2. The Morgan fingerprint density at radius 1 is 1.12 bits per heavy atom. The smallest absolute Gasteiger partial charge is 0.256 e. The first-order chi connectivity index (χ1) is 12.1. The lowest BCUT2D eigenvalue weighted by Crippen LogP contribution is -2.42. The second kappa shape index (κ2) is 9.30. The summed E-state index contributed by atoms with van der Waals surface area (Å²) in [6.07, 6.45) is 1.69. The Balaban J connectivity index is 0.00000243. The molecule has 0 unspecified atom stereocenters. The zero-order valence-corrected chi connectivity index (χ0v) is 15.4. The van der Waals surface area contributed by atoms with E-state index in [-0.39, 0.29) is 35.9 Å². The molecule has 3 rings (SSSR count). The number of nitrogens with zero attached hydrogens (tertiary/aromatic N) is 2. The fraction of sp³-hybridized carbons (Fsp3) is 0.556. The minimum Gasteiger partial charge on any atom is -0.364 e. The van der Waals surface area contributed by atoms with Gasteiger partial charge in [0.1, 0.15) is 11.9 Å². The summed E-state index contributed by atoms with van der Waals surface area (Å²) in [6.45, 7) is 2.34. The van der Waals surface area contributed by atoms with Crippen LogP contribution >= 0.6 is 12.4 Å². The molecule has 1 aromatic carbocycles. The van der Waals surface area contributed by atoms with Gasteiger partial charge >= 0.3 is 0 Å². The van der Waals surface area contributed by atoms with Gasteiger partial charge < -0.3 is 20.3 Å². The van der Waals surface area contributed by atoms with E-state index >= 15 is 0 Å². The number of nitrogens with two attached hydrogens (primary N) is 1. The fourth-order valence-corrected chi connectivity index (χ4v) is 3.41. The van der Waals surface area contributed by atoms with Crippen LogP contribution in [0.1, 0.15) is 29.6 Å². The van der Waals surface area contributed by atoms with Gasteiger partial charge in [0.2, 0.25) is 0 Å². The van der Waals surface area contributed by atoms with Crippen LogP contribution < -0.4 is 5.73 Å². The zero-order chi connectivity index (χ0) is 17.8. The molecule has 1 aromatic rings. The van der Waals surface area contributed by atoms with Crippen LogP contribution in [0.4, 0.5) is 4.39 Å². The molecular formula is C18H25ClFN3O3. The van der Waals surface area contributed by atoms with Crippen molar-refractivity contribution in [1.82, 2.24) is 9.80 Å². The average molecular weight is 386 g/mol. The molecule has 0 radical (unpaired) electrons. The number of hydrogen-bond donors (Lipinski definition) is 1. The molecule has 0 spiro atoms. The third kappa shape index (κ3) is 4.52. The van der Waals surface area contributed by atoms with Crippen molar-refractivity contribution in [2.45, 2.75) is 31.5 Å². The second-order valence-corrected chi connectivity index (χ2v) is 6.51. The van der Waals surface area contributed by atoms with E-state index in [2.05, 4.69) is 0 Å². The van der Waals surface area contributed by atoms with Crippen molar-refractivity contribution in [1.29, 1.82) is 0 Å². The van der Waals surface area contributed by atoms with Crippen molar-refractivity contribution in [3.05, 3.63) is 35.6 Å². The number of halogens is 2. The summed E-state index contributed by atoms with van der Waals surface area (Å²) >= 11 is 0. The van der Waals surface area contributed by atoms with Gasteiger partial charge in [-0.05, 0) is 31.4 Å².